The number of benzene rings is 2. The molecular weight excluding hydrogens is 421 g/mol. The molecule has 26 heavy (non-hydrogen) atoms. The number of sulfonamides is 1. The molecule has 0 saturated heterocycles. The Morgan fingerprint density at radius 1 is 1.08 bits per heavy atom. The minimum Gasteiger partial charge on any atom is -0.462 e. The van der Waals surface area contributed by atoms with Crippen molar-refractivity contribution in [3.8, 4) is 0 Å². The average Bonchev–Trinajstić information content (AvgIpc) is 2.54. The molecule has 0 saturated carbocycles. The smallest absolute Gasteiger partial charge is 0.327 e. The summed E-state index contributed by atoms with van der Waals surface area (Å²) in [4.78, 5) is 11.9. The minimum atomic E-state index is -4.20. The molecule has 0 aliphatic carbocycles. The van der Waals surface area contributed by atoms with Gasteiger partial charge in [-0.05, 0) is 50.2 Å². The predicted molar refractivity (Wildman–Crippen MR) is 104 cm³/mol. The first-order chi connectivity index (χ1) is 12.1. The lowest BCUT2D eigenvalue weighted by atomic mass is 10.3. The van der Waals surface area contributed by atoms with E-state index in [0.29, 0.717) is 5.02 Å². The summed E-state index contributed by atoms with van der Waals surface area (Å²) in [5.41, 5.74) is 0.203. The molecule has 0 aliphatic heterocycles. The van der Waals surface area contributed by atoms with Gasteiger partial charge in [-0.3, -0.25) is 9.10 Å². The summed E-state index contributed by atoms with van der Waals surface area (Å²) in [6.07, 6.45) is -0.388. The second-order valence-electron chi connectivity index (χ2n) is 5.60. The number of rotatable bonds is 6. The molecule has 0 atom stereocenters. The Hall–Kier alpha value is -1.47. The predicted octanol–water partition coefficient (Wildman–Crippen LogP) is 4.79. The third kappa shape index (κ3) is 5.04. The second-order valence-corrected chi connectivity index (χ2v) is 8.72. The molecule has 0 aliphatic rings. The van der Waals surface area contributed by atoms with Gasteiger partial charge in [-0.15, -0.1) is 0 Å². The van der Waals surface area contributed by atoms with Gasteiger partial charge < -0.3 is 4.74 Å². The molecule has 2 rings (SSSR count). The van der Waals surface area contributed by atoms with Crippen LogP contribution in [-0.2, 0) is 19.6 Å². The maximum Gasteiger partial charge on any atom is 0.327 e. The first-order valence-electron chi connectivity index (χ1n) is 7.54. The molecule has 0 radical (unpaired) electrons. The van der Waals surface area contributed by atoms with Crippen LogP contribution < -0.4 is 4.31 Å². The van der Waals surface area contributed by atoms with E-state index in [4.69, 9.17) is 39.5 Å². The zero-order valence-electron chi connectivity index (χ0n) is 13.9. The maximum atomic E-state index is 13.2. The molecular formula is C17H16Cl3NO4S. The highest BCUT2D eigenvalue weighted by atomic mass is 35.5. The number of hydrogen-bond donors (Lipinski definition) is 0. The van der Waals surface area contributed by atoms with Crippen molar-refractivity contribution in [3.63, 3.8) is 0 Å². The van der Waals surface area contributed by atoms with Crippen molar-refractivity contribution >= 4 is 56.5 Å². The largest absolute Gasteiger partial charge is 0.462 e. The Bertz CT molecular complexity index is 916. The highest BCUT2D eigenvalue weighted by Crippen LogP contribution is 2.31. The van der Waals surface area contributed by atoms with Gasteiger partial charge in [0.05, 0.1) is 16.8 Å². The highest BCUT2D eigenvalue weighted by Gasteiger charge is 2.30. The minimum absolute atomic E-state index is 0.0151. The Morgan fingerprint density at radius 2 is 1.73 bits per heavy atom. The number of esters is 1. The summed E-state index contributed by atoms with van der Waals surface area (Å²) >= 11 is 18.0. The third-order valence-electron chi connectivity index (χ3n) is 3.20. The van der Waals surface area contributed by atoms with E-state index in [-0.39, 0.29) is 26.7 Å². The Kier molecular flexibility index (Phi) is 6.80. The molecule has 0 fully saturated rings. The van der Waals surface area contributed by atoms with Gasteiger partial charge in [-0.2, -0.15) is 0 Å². The van der Waals surface area contributed by atoms with E-state index in [0.717, 1.165) is 4.31 Å². The summed E-state index contributed by atoms with van der Waals surface area (Å²) in [7, 11) is -4.20. The molecule has 0 unspecified atom stereocenters. The summed E-state index contributed by atoms with van der Waals surface area (Å²) < 4.78 is 32.3. The molecule has 0 heterocycles. The maximum absolute atomic E-state index is 13.2. The monoisotopic (exact) mass is 435 g/mol. The molecule has 140 valence electrons. The molecule has 0 amide bonds. The lowest BCUT2D eigenvalue weighted by Crippen LogP contribution is -2.37. The van der Waals surface area contributed by atoms with Crippen LogP contribution in [0, 0.1) is 0 Å². The van der Waals surface area contributed by atoms with E-state index in [9.17, 15) is 13.2 Å². The molecule has 0 spiro atoms. The molecule has 0 bridgehead atoms. The standard InChI is InChI=1S/C17H16Cl3NO4S/c1-11(2)25-17(22)10-21(14-5-3-4-12(18)8-14)26(23,24)16-9-13(19)6-7-15(16)20/h3-9,11H,10H2,1-2H3. The van der Waals surface area contributed by atoms with Crippen LogP contribution in [0.3, 0.4) is 0 Å². The first-order valence-corrected chi connectivity index (χ1v) is 10.1. The van der Waals surface area contributed by atoms with Crippen molar-refractivity contribution in [2.24, 2.45) is 0 Å². The van der Waals surface area contributed by atoms with Crippen LogP contribution in [0.1, 0.15) is 13.8 Å². The van der Waals surface area contributed by atoms with Crippen molar-refractivity contribution in [2.75, 3.05) is 10.8 Å². The number of anilines is 1. The topological polar surface area (TPSA) is 63.7 Å². The fourth-order valence-electron chi connectivity index (χ4n) is 2.16. The SMILES string of the molecule is CC(C)OC(=O)CN(c1cccc(Cl)c1)S(=O)(=O)c1cc(Cl)ccc1Cl. The van der Waals surface area contributed by atoms with Gasteiger partial charge in [0, 0.05) is 10.0 Å². The molecule has 2 aromatic rings. The summed E-state index contributed by atoms with van der Waals surface area (Å²) in [6, 6.07) is 10.2. The van der Waals surface area contributed by atoms with Gasteiger partial charge in [0.2, 0.25) is 0 Å². The van der Waals surface area contributed by atoms with E-state index < -0.39 is 22.5 Å². The van der Waals surface area contributed by atoms with E-state index in [1.54, 1.807) is 26.0 Å². The fraction of sp³-hybridized carbons (Fsp3) is 0.235. The molecule has 5 nitrogen and oxygen atoms in total. The second kappa shape index (κ2) is 8.48. The van der Waals surface area contributed by atoms with Crippen molar-refractivity contribution < 1.29 is 17.9 Å². The average molecular weight is 437 g/mol. The Labute approximate surface area is 167 Å². The van der Waals surface area contributed by atoms with E-state index in [1.165, 1.54) is 30.3 Å². The van der Waals surface area contributed by atoms with E-state index >= 15 is 0 Å². The normalized spacial score (nSPS) is 11.5. The van der Waals surface area contributed by atoms with Gasteiger partial charge in [0.1, 0.15) is 11.4 Å². The third-order valence-corrected chi connectivity index (χ3v) is 5.92. The number of nitrogens with zero attached hydrogens (tertiary/aromatic N) is 1. The van der Waals surface area contributed by atoms with Gasteiger partial charge in [-0.25, -0.2) is 8.42 Å². The Morgan fingerprint density at radius 3 is 2.35 bits per heavy atom. The van der Waals surface area contributed by atoms with Crippen molar-refractivity contribution in [1.29, 1.82) is 0 Å². The van der Waals surface area contributed by atoms with Gasteiger partial charge in [0.25, 0.3) is 10.0 Å². The number of carbonyl (C=O) groups is 1. The number of halogens is 3. The van der Waals surface area contributed by atoms with Gasteiger partial charge in [0.15, 0.2) is 0 Å². The molecule has 9 heteroatoms. The lowest BCUT2D eigenvalue weighted by molar-refractivity contribution is -0.145. The highest BCUT2D eigenvalue weighted by molar-refractivity contribution is 7.93. The quantitative estimate of drug-likeness (QED) is 0.611. The van der Waals surface area contributed by atoms with Gasteiger partial charge >= 0.3 is 5.97 Å². The number of carbonyl (C=O) groups excluding carboxylic acids is 1. The van der Waals surface area contributed by atoms with Crippen LogP contribution >= 0.6 is 34.8 Å². The van der Waals surface area contributed by atoms with E-state index in [2.05, 4.69) is 0 Å². The summed E-state index contributed by atoms with van der Waals surface area (Å²) in [5.74, 6) is -0.707. The van der Waals surface area contributed by atoms with Crippen molar-refractivity contribution in [2.45, 2.75) is 24.8 Å². The molecule has 2 aromatic carbocycles. The molecule has 0 aromatic heterocycles. The summed E-state index contributed by atoms with van der Waals surface area (Å²) in [5, 5.41) is 0.500. The zero-order valence-corrected chi connectivity index (χ0v) is 17.0. The van der Waals surface area contributed by atoms with Crippen molar-refractivity contribution in [1.82, 2.24) is 0 Å². The van der Waals surface area contributed by atoms with Crippen LogP contribution in [0.15, 0.2) is 47.4 Å². The Balaban J connectivity index is 2.55. The summed E-state index contributed by atoms with van der Waals surface area (Å²) in [6.45, 7) is 2.80. The van der Waals surface area contributed by atoms with Crippen molar-refractivity contribution in [3.05, 3.63) is 57.5 Å². The molecule has 0 N–H and O–H groups in total. The van der Waals surface area contributed by atoms with Crippen LogP contribution in [0.2, 0.25) is 15.1 Å². The van der Waals surface area contributed by atoms with Crippen LogP contribution in [0.25, 0.3) is 0 Å². The fourth-order valence-corrected chi connectivity index (χ4v) is 4.48. The van der Waals surface area contributed by atoms with Gasteiger partial charge in [-0.1, -0.05) is 40.9 Å². The number of ether oxygens (including phenoxy) is 1. The lowest BCUT2D eigenvalue weighted by Gasteiger charge is -2.25. The van der Waals surface area contributed by atoms with Crippen LogP contribution in [0.4, 0.5) is 5.69 Å². The van der Waals surface area contributed by atoms with Crippen LogP contribution in [-0.4, -0.2) is 27.0 Å². The zero-order chi connectivity index (χ0) is 19.5. The number of hydrogen-bond acceptors (Lipinski definition) is 4. The first kappa shape index (κ1) is 20.8. The van der Waals surface area contributed by atoms with E-state index in [1.807, 2.05) is 0 Å². The van der Waals surface area contributed by atoms with Crippen LogP contribution in [0.5, 0.6) is 0 Å².